The zero-order valence-corrected chi connectivity index (χ0v) is 9.35. The molecule has 0 saturated heterocycles. The summed E-state index contributed by atoms with van der Waals surface area (Å²) in [4.78, 5) is 4.28. The Morgan fingerprint density at radius 1 is 1.43 bits per heavy atom. The Hall–Kier alpha value is -0.550. The second-order valence-electron chi connectivity index (χ2n) is 2.99. The van der Waals surface area contributed by atoms with Crippen LogP contribution in [0.25, 0.3) is 0 Å². The fourth-order valence-corrected chi connectivity index (χ4v) is 1.57. The van der Waals surface area contributed by atoms with Gasteiger partial charge in [-0.1, -0.05) is 12.1 Å². The molecule has 1 rings (SSSR count). The van der Waals surface area contributed by atoms with E-state index in [0.29, 0.717) is 0 Å². The number of unbranched alkanes of at least 4 members (excludes halogenated alkanes) is 1. The number of aryl methyl sites for hydroxylation is 1. The molecule has 0 aliphatic rings. The second kappa shape index (κ2) is 6.84. The molecule has 0 bridgehead atoms. The Balaban J connectivity index is 2.27. The molecule has 0 amide bonds. The van der Waals surface area contributed by atoms with E-state index in [4.69, 9.17) is 10.3 Å². The highest BCUT2D eigenvalue weighted by Crippen LogP contribution is 2.09. The van der Waals surface area contributed by atoms with Gasteiger partial charge in [-0.05, 0) is 25.1 Å². The number of hydrogen-bond acceptors (Lipinski definition) is 5. The number of rotatable bonds is 7. The maximum absolute atomic E-state index is 5.39. The summed E-state index contributed by atoms with van der Waals surface area (Å²) in [7, 11) is 0. The summed E-state index contributed by atoms with van der Waals surface area (Å²) in [5.41, 5.74) is 5.39. The molecule has 1 aromatic heterocycles. The lowest BCUT2D eigenvalue weighted by Gasteiger charge is -1.91. The smallest absolute Gasteiger partial charge is 0.226 e. The molecule has 80 valence electrons. The maximum Gasteiger partial charge on any atom is 0.226 e. The minimum Gasteiger partial charge on any atom is -0.339 e. The molecule has 0 fully saturated rings. The van der Waals surface area contributed by atoms with Crippen molar-refractivity contribution in [2.24, 2.45) is 5.73 Å². The van der Waals surface area contributed by atoms with Crippen LogP contribution in [0.4, 0.5) is 0 Å². The fourth-order valence-electron chi connectivity index (χ4n) is 1.06. The molecule has 0 radical (unpaired) electrons. The fraction of sp³-hybridized carbons (Fsp3) is 0.778. The van der Waals surface area contributed by atoms with Gasteiger partial charge >= 0.3 is 0 Å². The normalized spacial score (nSPS) is 10.7. The van der Waals surface area contributed by atoms with Crippen LogP contribution in [0.2, 0.25) is 0 Å². The molecule has 0 saturated carbocycles. The third-order valence-corrected chi connectivity index (χ3v) is 2.66. The lowest BCUT2D eigenvalue weighted by Crippen LogP contribution is -1.99. The zero-order valence-electron chi connectivity index (χ0n) is 8.53. The van der Waals surface area contributed by atoms with Gasteiger partial charge in [-0.2, -0.15) is 16.7 Å². The monoisotopic (exact) mass is 215 g/mol. The van der Waals surface area contributed by atoms with E-state index in [-0.39, 0.29) is 0 Å². The van der Waals surface area contributed by atoms with Crippen LogP contribution in [0.15, 0.2) is 4.52 Å². The highest BCUT2D eigenvalue weighted by molar-refractivity contribution is 7.98. The predicted octanol–water partition coefficient (Wildman–Crippen LogP) is 1.60. The first kappa shape index (κ1) is 11.5. The molecule has 4 nitrogen and oxygen atoms in total. The van der Waals surface area contributed by atoms with Gasteiger partial charge in [0.25, 0.3) is 0 Å². The first-order valence-corrected chi connectivity index (χ1v) is 6.11. The first-order valence-electron chi connectivity index (χ1n) is 4.96. The molecule has 0 aliphatic carbocycles. The van der Waals surface area contributed by atoms with Crippen LogP contribution >= 0.6 is 11.8 Å². The molecule has 5 heteroatoms. The largest absolute Gasteiger partial charge is 0.339 e. The van der Waals surface area contributed by atoms with Gasteiger partial charge in [0.05, 0.1) is 5.75 Å². The molecule has 0 aromatic carbocycles. The highest BCUT2D eigenvalue weighted by atomic mass is 32.2. The average molecular weight is 215 g/mol. The summed E-state index contributed by atoms with van der Waals surface area (Å²) >= 11 is 1.80. The molecule has 1 aromatic rings. The standard InChI is InChI=1S/C9H17N3OS/c1-2-14-7-8-11-9(13-12-8)5-3-4-6-10/h2-7,10H2,1H3. The Kier molecular flexibility index (Phi) is 5.63. The number of nitrogens with zero attached hydrogens (tertiary/aromatic N) is 2. The quantitative estimate of drug-likeness (QED) is 0.700. The summed E-state index contributed by atoms with van der Waals surface area (Å²) in [6.45, 7) is 2.85. The molecule has 0 aliphatic heterocycles. The first-order chi connectivity index (χ1) is 6.86. The lowest BCUT2D eigenvalue weighted by molar-refractivity contribution is 0.371. The molecular weight excluding hydrogens is 198 g/mol. The van der Waals surface area contributed by atoms with Crippen molar-refractivity contribution in [1.29, 1.82) is 0 Å². The van der Waals surface area contributed by atoms with Crippen molar-refractivity contribution in [2.75, 3.05) is 12.3 Å². The Morgan fingerprint density at radius 3 is 3.00 bits per heavy atom. The van der Waals surface area contributed by atoms with Gasteiger partial charge in [0.1, 0.15) is 0 Å². The van der Waals surface area contributed by atoms with Crippen molar-refractivity contribution in [3.05, 3.63) is 11.7 Å². The summed E-state index contributed by atoms with van der Waals surface area (Å²) in [5, 5.41) is 3.89. The van der Waals surface area contributed by atoms with Crippen molar-refractivity contribution in [3.63, 3.8) is 0 Å². The Labute approximate surface area is 88.6 Å². The summed E-state index contributed by atoms with van der Waals surface area (Å²) in [6, 6.07) is 0. The summed E-state index contributed by atoms with van der Waals surface area (Å²) in [6.07, 6.45) is 2.89. The third kappa shape index (κ3) is 4.11. The van der Waals surface area contributed by atoms with Crippen molar-refractivity contribution in [2.45, 2.75) is 31.9 Å². The van der Waals surface area contributed by atoms with Crippen LogP contribution in [0.1, 0.15) is 31.5 Å². The van der Waals surface area contributed by atoms with Crippen LogP contribution in [0.3, 0.4) is 0 Å². The minimum absolute atomic E-state index is 0.729. The number of nitrogens with two attached hydrogens (primary N) is 1. The molecule has 0 unspecified atom stereocenters. The Bertz CT molecular complexity index is 252. The van der Waals surface area contributed by atoms with Gasteiger partial charge in [0, 0.05) is 6.42 Å². The molecular formula is C9H17N3OS. The van der Waals surface area contributed by atoms with Gasteiger partial charge < -0.3 is 10.3 Å². The molecule has 0 spiro atoms. The SMILES string of the molecule is CCSCc1noc(CCCCN)n1. The van der Waals surface area contributed by atoms with Gasteiger partial charge in [-0.25, -0.2) is 0 Å². The van der Waals surface area contributed by atoms with E-state index in [2.05, 4.69) is 17.1 Å². The van der Waals surface area contributed by atoms with Gasteiger partial charge in [-0.15, -0.1) is 0 Å². The molecule has 2 N–H and O–H groups in total. The van der Waals surface area contributed by atoms with E-state index < -0.39 is 0 Å². The van der Waals surface area contributed by atoms with Gasteiger partial charge in [-0.3, -0.25) is 0 Å². The third-order valence-electron chi connectivity index (χ3n) is 1.79. The minimum atomic E-state index is 0.729. The van der Waals surface area contributed by atoms with E-state index in [1.807, 2.05) is 0 Å². The lowest BCUT2D eigenvalue weighted by atomic mass is 10.2. The maximum atomic E-state index is 5.39. The number of aromatic nitrogens is 2. The van der Waals surface area contributed by atoms with Crippen LogP contribution in [-0.4, -0.2) is 22.4 Å². The van der Waals surface area contributed by atoms with Crippen LogP contribution in [0, 0.1) is 0 Å². The van der Waals surface area contributed by atoms with Crippen LogP contribution in [0.5, 0.6) is 0 Å². The summed E-state index contributed by atoms with van der Waals surface area (Å²) < 4.78 is 5.09. The second-order valence-corrected chi connectivity index (χ2v) is 4.26. The Morgan fingerprint density at radius 2 is 2.29 bits per heavy atom. The van der Waals surface area contributed by atoms with Crippen molar-refractivity contribution in [3.8, 4) is 0 Å². The van der Waals surface area contributed by atoms with E-state index in [0.717, 1.165) is 49.0 Å². The van der Waals surface area contributed by atoms with Gasteiger partial charge in [0.2, 0.25) is 5.89 Å². The van der Waals surface area contributed by atoms with Crippen LogP contribution < -0.4 is 5.73 Å². The molecule has 1 heterocycles. The van der Waals surface area contributed by atoms with Gasteiger partial charge in [0.15, 0.2) is 5.82 Å². The predicted molar refractivity (Wildman–Crippen MR) is 58.1 cm³/mol. The van der Waals surface area contributed by atoms with Crippen molar-refractivity contribution < 1.29 is 4.52 Å². The average Bonchev–Trinajstić information content (AvgIpc) is 2.63. The summed E-state index contributed by atoms with van der Waals surface area (Å²) in [5.74, 6) is 3.47. The van der Waals surface area contributed by atoms with Crippen molar-refractivity contribution in [1.82, 2.24) is 10.1 Å². The van der Waals surface area contributed by atoms with Crippen LogP contribution in [-0.2, 0) is 12.2 Å². The van der Waals surface area contributed by atoms with E-state index in [9.17, 15) is 0 Å². The van der Waals surface area contributed by atoms with Crippen molar-refractivity contribution >= 4 is 11.8 Å². The number of hydrogen-bond donors (Lipinski definition) is 1. The van der Waals surface area contributed by atoms with E-state index >= 15 is 0 Å². The topological polar surface area (TPSA) is 64.9 Å². The van der Waals surface area contributed by atoms with E-state index in [1.54, 1.807) is 11.8 Å². The highest BCUT2D eigenvalue weighted by Gasteiger charge is 2.04. The zero-order chi connectivity index (χ0) is 10.2. The van der Waals surface area contributed by atoms with E-state index in [1.165, 1.54) is 0 Å². The molecule has 14 heavy (non-hydrogen) atoms. The molecule has 0 atom stereocenters. The number of thioether (sulfide) groups is 1.